The second-order valence-electron chi connectivity index (χ2n) is 4.09. The van der Waals surface area contributed by atoms with Gasteiger partial charge in [0.25, 0.3) is 0 Å². The van der Waals surface area contributed by atoms with E-state index in [-0.39, 0.29) is 11.9 Å². The fraction of sp³-hybridized carbons (Fsp3) is 0.500. The van der Waals surface area contributed by atoms with Crippen LogP contribution in [0.2, 0.25) is 0 Å². The Bertz CT molecular complexity index is 381. The summed E-state index contributed by atoms with van der Waals surface area (Å²) < 4.78 is 26.5. The Hall–Kier alpha value is -0.260. The number of thioether (sulfide) groups is 2. The van der Waals surface area contributed by atoms with E-state index in [0.29, 0.717) is 17.2 Å². The zero-order valence-electron chi connectivity index (χ0n) is 9.36. The molecule has 2 rings (SSSR count). The van der Waals surface area contributed by atoms with Gasteiger partial charge in [0.2, 0.25) is 0 Å². The van der Waals surface area contributed by atoms with Crippen molar-refractivity contribution in [3.05, 3.63) is 35.4 Å². The average molecular weight is 275 g/mol. The highest BCUT2D eigenvalue weighted by Gasteiger charge is 2.22. The monoisotopic (exact) mass is 275 g/mol. The molecule has 1 saturated heterocycles. The van der Waals surface area contributed by atoms with E-state index in [9.17, 15) is 8.78 Å². The highest BCUT2D eigenvalue weighted by molar-refractivity contribution is 8.06. The van der Waals surface area contributed by atoms with Gasteiger partial charge in [0.15, 0.2) is 0 Å². The predicted octanol–water partition coefficient (Wildman–Crippen LogP) is 2.68. The molecular formula is C12H15F2NS2. The molecule has 0 saturated carbocycles. The number of hydrogen-bond acceptors (Lipinski definition) is 3. The molecule has 1 aromatic carbocycles. The third kappa shape index (κ3) is 3.60. The standard InChI is InChI=1S/C12H15F2NS2/c13-9-1-2-10(14)8(5-9)6-11(15)12-7-16-3-4-17-12/h1-2,5,11-12H,3-4,6-7,15H2. The van der Waals surface area contributed by atoms with Crippen molar-refractivity contribution < 1.29 is 8.78 Å². The highest BCUT2D eigenvalue weighted by atomic mass is 32.2. The van der Waals surface area contributed by atoms with Crippen LogP contribution in [-0.2, 0) is 6.42 Å². The van der Waals surface area contributed by atoms with Crippen molar-refractivity contribution in [1.82, 2.24) is 0 Å². The molecule has 1 aliphatic heterocycles. The van der Waals surface area contributed by atoms with E-state index in [1.54, 1.807) is 0 Å². The molecule has 2 N–H and O–H groups in total. The van der Waals surface area contributed by atoms with Crippen LogP contribution in [0.5, 0.6) is 0 Å². The van der Waals surface area contributed by atoms with Gasteiger partial charge in [0.1, 0.15) is 11.6 Å². The van der Waals surface area contributed by atoms with Crippen molar-refractivity contribution in [2.24, 2.45) is 5.73 Å². The second kappa shape index (κ2) is 6.07. The molecule has 5 heteroatoms. The maximum atomic E-state index is 13.5. The Balaban J connectivity index is 2.01. The van der Waals surface area contributed by atoms with E-state index in [1.807, 2.05) is 23.5 Å². The van der Waals surface area contributed by atoms with Crippen molar-refractivity contribution in [3.8, 4) is 0 Å². The Morgan fingerprint density at radius 2 is 2.18 bits per heavy atom. The molecule has 0 spiro atoms. The van der Waals surface area contributed by atoms with Crippen LogP contribution in [0.1, 0.15) is 5.56 Å². The van der Waals surface area contributed by atoms with Crippen LogP contribution >= 0.6 is 23.5 Å². The van der Waals surface area contributed by atoms with Crippen LogP contribution in [0.4, 0.5) is 8.78 Å². The van der Waals surface area contributed by atoms with Crippen molar-refractivity contribution in [3.63, 3.8) is 0 Å². The van der Waals surface area contributed by atoms with E-state index < -0.39 is 5.82 Å². The smallest absolute Gasteiger partial charge is 0.126 e. The molecule has 0 amide bonds. The first-order chi connectivity index (χ1) is 8.16. The van der Waals surface area contributed by atoms with Crippen molar-refractivity contribution in [1.29, 1.82) is 0 Å². The van der Waals surface area contributed by atoms with Gasteiger partial charge in [-0.15, -0.1) is 0 Å². The fourth-order valence-electron chi connectivity index (χ4n) is 1.84. The van der Waals surface area contributed by atoms with Gasteiger partial charge < -0.3 is 5.73 Å². The first-order valence-electron chi connectivity index (χ1n) is 5.55. The SMILES string of the molecule is NC(Cc1cc(F)ccc1F)C1CSCCS1. The quantitative estimate of drug-likeness (QED) is 0.918. The zero-order chi connectivity index (χ0) is 12.3. The lowest BCUT2D eigenvalue weighted by Crippen LogP contribution is -2.38. The molecular weight excluding hydrogens is 260 g/mol. The summed E-state index contributed by atoms with van der Waals surface area (Å²) >= 11 is 3.72. The van der Waals surface area contributed by atoms with Crippen molar-refractivity contribution in [2.45, 2.75) is 17.7 Å². The van der Waals surface area contributed by atoms with E-state index in [1.165, 1.54) is 12.1 Å². The molecule has 1 nitrogen and oxygen atoms in total. The fourth-order valence-corrected chi connectivity index (χ4v) is 4.66. The Labute approximate surface area is 109 Å². The molecule has 0 aliphatic carbocycles. The summed E-state index contributed by atoms with van der Waals surface area (Å²) in [5.74, 6) is 2.48. The summed E-state index contributed by atoms with van der Waals surface area (Å²) in [5.41, 5.74) is 6.46. The van der Waals surface area contributed by atoms with Crippen LogP contribution < -0.4 is 5.73 Å². The van der Waals surface area contributed by atoms with Gasteiger partial charge in [-0.25, -0.2) is 8.78 Å². The van der Waals surface area contributed by atoms with Crippen LogP contribution in [0.3, 0.4) is 0 Å². The minimum atomic E-state index is -0.403. The number of benzene rings is 1. The van der Waals surface area contributed by atoms with Gasteiger partial charge in [-0.1, -0.05) is 0 Å². The molecule has 1 heterocycles. The van der Waals surface area contributed by atoms with Gasteiger partial charge in [-0.3, -0.25) is 0 Å². The molecule has 0 radical (unpaired) electrons. The van der Waals surface area contributed by atoms with Gasteiger partial charge in [-0.2, -0.15) is 23.5 Å². The molecule has 17 heavy (non-hydrogen) atoms. The molecule has 1 aliphatic rings. The van der Waals surface area contributed by atoms with Gasteiger partial charge in [0, 0.05) is 28.6 Å². The Morgan fingerprint density at radius 1 is 1.35 bits per heavy atom. The largest absolute Gasteiger partial charge is 0.326 e. The third-order valence-electron chi connectivity index (χ3n) is 2.78. The predicted molar refractivity (Wildman–Crippen MR) is 71.6 cm³/mol. The number of halogens is 2. The summed E-state index contributed by atoms with van der Waals surface area (Å²) in [6, 6.07) is 3.44. The summed E-state index contributed by atoms with van der Waals surface area (Å²) in [6.07, 6.45) is 0.405. The van der Waals surface area contributed by atoms with Gasteiger partial charge in [0.05, 0.1) is 0 Å². The summed E-state index contributed by atoms with van der Waals surface area (Å²) in [6.45, 7) is 0. The van der Waals surface area contributed by atoms with Gasteiger partial charge >= 0.3 is 0 Å². The Morgan fingerprint density at radius 3 is 2.88 bits per heavy atom. The molecule has 2 unspecified atom stereocenters. The highest BCUT2D eigenvalue weighted by Crippen LogP contribution is 2.27. The van der Waals surface area contributed by atoms with Crippen LogP contribution in [0.25, 0.3) is 0 Å². The van der Waals surface area contributed by atoms with Crippen LogP contribution in [-0.4, -0.2) is 28.6 Å². The lowest BCUT2D eigenvalue weighted by Gasteiger charge is -2.26. The molecule has 1 fully saturated rings. The van der Waals surface area contributed by atoms with Crippen LogP contribution in [0, 0.1) is 11.6 Å². The van der Waals surface area contributed by atoms with E-state index in [0.717, 1.165) is 23.3 Å². The van der Waals surface area contributed by atoms with Crippen molar-refractivity contribution in [2.75, 3.05) is 17.3 Å². The Kier molecular flexibility index (Phi) is 4.70. The minimum absolute atomic E-state index is 0.107. The second-order valence-corrected chi connectivity index (χ2v) is 6.58. The minimum Gasteiger partial charge on any atom is -0.326 e. The first-order valence-corrected chi connectivity index (χ1v) is 7.76. The maximum Gasteiger partial charge on any atom is 0.126 e. The molecule has 1 aromatic rings. The topological polar surface area (TPSA) is 26.0 Å². The molecule has 0 aromatic heterocycles. The van der Waals surface area contributed by atoms with Crippen LogP contribution in [0.15, 0.2) is 18.2 Å². The number of hydrogen-bond donors (Lipinski definition) is 1. The first kappa shape index (κ1) is 13.2. The lowest BCUT2D eigenvalue weighted by molar-refractivity contribution is 0.566. The number of nitrogens with two attached hydrogens (primary N) is 1. The summed E-state index contributed by atoms with van der Waals surface area (Å²) in [4.78, 5) is 0. The van der Waals surface area contributed by atoms with Crippen molar-refractivity contribution >= 4 is 23.5 Å². The molecule has 2 atom stereocenters. The number of rotatable bonds is 3. The average Bonchev–Trinajstić information content (AvgIpc) is 2.35. The molecule has 0 bridgehead atoms. The van der Waals surface area contributed by atoms with E-state index >= 15 is 0 Å². The van der Waals surface area contributed by atoms with E-state index in [2.05, 4.69) is 0 Å². The lowest BCUT2D eigenvalue weighted by atomic mass is 10.0. The zero-order valence-corrected chi connectivity index (χ0v) is 11.0. The third-order valence-corrected chi connectivity index (χ3v) is 5.72. The van der Waals surface area contributed by atoms with E-state index in [4.69, 9.17) is 5.73 Å². The maximum absolute atomic E-state index is 13.5. The summed E-state index contributed by atoms with van der Waals surface area (Å²) in [5, 5.41) is 0.344. The molecule has 94 valence electrons. The van der Waals surface area contributed by atoms with Gasteiger partial charge in [-0.05, 0) is 30.2 Å². The normalized spacial score (nSPS) is 22.4. The summed E-state index contributed by atoms with van der Waals surface area (Å²) in [7, 11) is 0.